The van der Waals surface area contributed by atoms with Gasteiger partial charge in [-0.3, -0.25) is 14.4 Å². The smallest absolute Gasteiger partial charge is 0.316 e. The van der Waals surface area contributed by atoms with E-state index in [1.165, 1.54) is 6.92 Å². The van der Waals surface area contributed by atoms with E-state index in [1.807, 2.05) is 13.8 Å². The van der Waals surface area contributed by atoms with Gasteiger partial charge in [0, 0.05) is 0 Å². The molecule has 0 heterocycles. The van der Waals surface area contributed by atoms with Crippen LogP contribution in [0.15, 0.2) is 0 Å². The maximum absolute atomic E-state index is 12.5. The van der Waals surface area contributed by atoms with Crippen molar-refractivity contribution in [1.29, 1.82) is 0 Å². The van der Waals surface area contributed by atoms with E-state index >= 15 is 0 Å². The molecule has 4 nitrogen and oxygen atoms in total. The Labute approximate surface area is 122 Å². The van der Waals surface area contributed by atoms with Gasteiger partial charge in [-0.25, -0.2) is 0 Å². The van der Waals surface area contributed by atoms with Gasteiger partial charge in [-0.05, 0) is 26.7 Å². The van der Waals surface area contributed by atoms with Crippen LogP contribution in [0.1, 0.15) is 66.2 Å². The van der Waals surface area contributed by atoms with Gasteiger partial charge in [0.1, 0.15) is 11.7 Å². The topological polar surface area (TPSA) is 60.4 Å². The van der Waals surface area contributed by atoms with Crippen LogP contribution in [0.3, 0.4) is 0 Å². The monoisotopic (exact) mass is 284 g/mol. The minimum Gasteiger partial charge on any atom is -0.465 e. The molecule has 0 amide bonds. The van der Waals surface area contributed by atoms with Gasteiger partial charge < -0.3 is 4.74 Å². The molecule has 0 aromatic carbocycles. The Morgan fingerprint density at radius 2 is 1.40 bits per heavy atom. The molecule has 0 aromatic rings. The Bertz CT molecular complexity index is 322. The molecule has 0 aliphatic heterocycles. The molecule has 0 aromatic heterocycles. The molecular weight excluding hydrogens is 256 g/mol. The van der Waals surface area contributed by atoms with Crippen LogP contribution in [-0.2, 0) is 19.1 Å². The van der Waals surface area contributed by atoms with Crippen LogP contribution in [-0.4, -0.2) is 24.1 Å². The highest BCUT2D eigenvalue weighted by molar-refractivity contribution is 6.09. The zero-order valence-corrected chi connectivity index (χ0v) is 13.2. The Kier molecular flexibility index (Phi) is 9.95. The van der Waals surface area contributed by atoms with Gasteiger partial charge in [0.25, 0.3) is 0 Å². The molecule has 0 fully saturated rings. The molecule has 2 atom stereocenters. The Balaban J connectivity index is 4.94. The van der Waals surface area contributed by atoms with Crippen LogP contribution in [0.5, 0.6) is 0 Å². The molecular formula is C16H28O4. The standard InChI is InChI=1S/C16H28O4/c1-5-8-10-13(12(4)17)15(18)14(11-9-6-2)16(19)20-7-3/h13-14H,5-11H2,1-4H3/t13-,14+/m1/s1. The van der Waals surface area contributed by atoms with Crippen LogP contribution >= 0.6 is 0 Å². The molecule has 0 saturated heterocycles. The average molecular weight is 284 g/mol. The van der Waals surface area contributed by atoms with Crippen molar-refractivity contribution in [2.45, 2.75) is 66.2 Å². The first-order valence-electron chi connectivity index (χ1n) is 7.70. The molecule has 0 radical (unpaired) electrons. The quantitative estimate of drug-likeness (QED) is 0.431. The van der Waals surface area contributed by atoms with E-state index in [2.05, 4.69) is 0 Å². The average Bonchev–Trinajstić information content (AvgIpc) is 2.39. The molecule has 0 N–H and O–H groups in total. The first kappa shape index (κ1) is 18.8. The molecule has 0 aliphatic carbocycles. The Morgan fingerprint density at radius 3 is 1.80 bits per heavy atom. The summed E-state index contributed by atoms with van der Waals surface area (Å²) in [6, 6.07) is 0. The van der Waals surface area contributed by atoms with Gasteiger partial charge in [-0.15, -0.1) is 0 Å². The number of ketones is 2. The second-order valence-electron chi connectivity index (χ2n) is 5.15. The number of carbonyl (C=O) groups is 3. The van der Waals surface area contributed by atoms with Gasteiger partial charge in [0.2, 0.25) is 0 Å². The van der Waals surface area contributed by atoms with E-state index in [1.54, 1.807) is 6.92 Å². The Morgan fingerprint density at radius 1 is 0.900 bits per heavy atom. The SMILES string of the molecule is CCCC[C@H](C(C)=O)C(=O)[C@H](CCCC)C(=O)OCC. The largest absolute Gasteiger partial charge is 0.465 e. The lowest BCUT2D eigenvalue weighted by molar-refractivity contribution is -0.153. The summed E-state index contributed by atoms with van der Waals surface area (Å²) in [4.78, 5) is 36.1. The minimum absolute atomic E-state index is 0.144. The molecule has 116 valence electrons. The van der Waals surface area contributed by atoms with Gasteiger partial charge in [0.15, 0.2) is 5.78 Å². The summed E-state index contributed by atoms with van der Waals surface area (Å²) in [5.74, 6) is -2.30. The third kappa shape index (κ3) is 6.31. The van der Waals surface area contributed by atoms with Gasteiger partial charge in [-0.1, -0.05) is 39.5 Å². The number of unbranched alkanes of at least 4 members (excludes halogenated alkanes) is 2. The van der Waals surface area contributed by atoms with Crippen LogP contribution in [0.25, 0.3) is 0 Å². The molecule has 0 spiro atoms. The van der Waals surface area contributed by atoms with Crippen LogP contribution < -0.4 is 0 Å². The number of hydrogen-bond acceptors (Lipinski definition) is 4. The van der Waals surface area contributed by atoms with Crippen molar-refractivity contribution in [2.24, 2.45) is 11.8 Å². The summed E-state index contributed by atoms with van der Waals surface area (Å²) in [5.41, 5.74) is 0. The first-order chi connectivity index (χ1) is 9.49. The fourth-order valence-corrected chi connectivity index (χ4v) is 2.22. The second-order valence-corrected chi connectivity index (χ2v) is 5.15. The van der Waals surface area contributed by atoms with Crippen molar-refractivity contribution < 1.29 is 19.1 Å². The fourth-order valence-electron chi connectivity index (χ4n) is 2.22. The molecule has 0 rings (SSSR count). The summed E-state index contributed by atoms with van der Waals surface area (Å²) in [6.45, 7) is 7.43. The summed E-state index contributed by atoms with van der Waals surface area (Å²) in [6.07, 6.45) is 4.45. The van der Waals surface area contributed by atoms with E-state index in [0.29, 0.717) is 12.8 Å². The predicted molar refractivity (Wildman–Crippen MR) is 78.4 cm³/mol. The molecule has 4 heteroatoms. The molecule has 0 bridgehead atoms. The number of esters is 1. The lowest BCUT2D eigenvalue weighted by Crippen LogP contribution is -2.34. The van der Waals surface area contributed by atoms with E-state index in [9.17, 15) is 14.4 Å². The zero-order valence-electron chi connectivity index (χ0n) is 13.2. The fraction of sp³-hybridized carbons (Fsp3) is 0.812. The first-order valence-corrected chi connectivity index (χ1v) is 7.70. The predicted octanol–water partition coefficient (Wildman–Crippen LogP) is 3.32. The molecule has 0 aliphatic rings. The molecule has 0 saturated carbocycles. The number of Topliss-reactive ketones (excluding diaryl/α,β-unsaturated/α-hetero) is 2. The van der Waals surface area contributed by atoms with E-state index < -0.39 is 17.8 Å². The number of hydrogen-bond donors (Lipinski definition) is 0. The van der Waals surface area contributed by atoms with Gasteiger partial charge in [0.05, 0.1) is 12.5 Å². The van der Waals surface area contributed by atoms with Crippen molar-refractivity contribution >= 4 is 17.5 Å². The summed E-state index contributed by atoms with van der Waals surface area (Å²) >= 11 is 0. The summed E-state index contributed by atoms with van der Waals surface area (Å²) in [5, 5.41) is 0. The lowest BCUT2D eigenvalue weighted by atomic mass is 9.84. The van der Waals surface area contributed by atoms with Crippen molar-refractivity contribution in [1.82, 2.24) is 0 Å². The normalized spacial score (nSPS) is 13.6. The highest BCUT2D eigenvalue weighted by Crippen LogP contribution is 2.21. The van der Waals surface area contributed by atoms with Crippen molar-refractivity contribution in [3.63, 3.8) is 0 Å². The third-order valence-electron chi connectivity index (χ3n) is 3.44. The number of carbonyl (C=O) groups excluding carboxylic acids is 3. The van der Waals surface area contributed by atoms with E-state index in [0.717, 1.165) is 25.7 Å². The summed E-state index contributed by atoms with van der Waals surface area (Å²) in [7, 11) is 0. The zero-order chi connectivity index (χ0) is 15.5. The van der Waals surface area contributed by atoms with Crippen molar-refractivity contribution in [3.05, 3.63) is 0 Å². The van der Waals surface area contributed by atoms with Crippen molar-refractivity contribution in [3.8, 4) is 0 Å². The molecule has 20 heavy (non-hydrogen) atoms. The maximum atomic E-state index is 12.5. The number of rotatable bonds is 11. The highest BCUT2D eigenvalue weighted by atomic mass is 16.5. The second kappa shape index (κ2) is 10.6. The van der Waals surface area contributed by atoms with E-state index in [4.69, 9.17) is 4.74 Å². The van der Waals surface area contributed by atoms with E-state index in [-0.39, 0.29) is 18.2 Å². The maximum Gasteiger partial charge on any atom is 0.316 e. The van der Waals surface area contributed by atoms with Crippen molar-refractivity contribution in [2.75, 3.05) is 6.61 Å². The van der Waals surface area contributed by atoms with Gasteiger partial charge in [-0.2, -0.15) is 0 Å². The Hall–Kier alpha value is -1.19. The minimum atomic E-state index is -0.777. The van der Waals surface area contributed by atoms with Crippen LogP contribution in [0.4, 0.5) is 0 Å². The highest BCUT2D eigenvalue weighted by Gasteiger charge is 2.34. The van der Waals surface area contributed by atoms with Crippen LogP contribution in [0.2, 0.25) is 0 Å². The molecule has 0 unspecified atom stereocenters. The van der Waals surface area contributed by atoms with Crippen LogP contribution in [0, 0.1) is 11.8 Å². The summed E-state index contributed by atoms with van der Waals surface area (Å²) < 4.78 is 4.99. The third-order valence-corrected chi connectivity index (χ3v) is 3.44. The number of ether oxygens (including phenoxy) is 1. The van der Waals surface area contributed by atoms with Gasteiger partial charge >= 0.3 is 5.97 Å². The lowest BCUT2D eigenvalue weighted by Gasteiger charge is -2.19.